The standard InChI is InChI=1S/C24H16ClN3O2S/c25-18-6-1-15(2-7-18)24-28-21(13-31-24)14-3-8-19(9-4-14)26-23(30)16-5-10-20-17(11-16)12-22(29)27-20/h1-11,13H,12H2,(H,26,30)(H,27,29). The topological polar surface area (TPSA) is 71.1 Å². The van der Waals surface area contributed by atoms with Crippen molar-refractivity contribution in [3.63, 3.8) is 0 Å². The molecule has 0 saturated carbocycles. The van der Waals surface area contributed by atoms with Crippen molar-refractivity contribution in [2.45, 2.75) is 6.42 Å². The molecule has 2 heterocycles. The van der Waals surface area contributed by atoms with Gasteiger partial charge in [-0.05, 0) is 48.0 Å². The molecule has 1 aliphatic heterocycles. The van der Waals surface area contributed by atoms with E-state index in [2.05, 4.69) is 10.6 Å². The average Bonchev–Trinajstić information content (AvgIpc) is 3.40. The first-order chi connectivity index (χ1) is 15.0. The van der Waals surface area contributed by atoms with Gasteiger partial charge in [0.2, 0.25) is 5.91 Å². The molecule has 0 aliphatic carbocycles. The zero-order chi connectivity index (χ0) is 21.4. The molecule has 7 heteroatoms. The molecule has 5 nitrogen and oxygen atoms in total. The van der Waals surface area contributed by atoms with Gasteiger partial charge in [0.1, 0.15) is 5.01 Å². The van der Waals surface area contributed by atoms with Gasteiger partial charge >= 0.3 is 0 Å². The summed E-state index contributed by atoms with van der Waals surface area (Å²) in [6, 6.07) is 20.4. The van der Waals surface area contributed by atoms with Crippen molar-refractivity contribution in [3.8, 4) is 21.8 Å². The first kappa shape index (κ1) is 19.5. The molecule has 2 amide bonds. The number of halogens is 1. The molecule has 0 atom stereocenters. The Morgan fingerprint density at radius 3 is 2.52 bits per heavy atom. The van der Waals surface area contributed by atoms with Crippen molar-refractivity contribution in [1.29, 1.82) is 0 Å². The second-order valence-electron chi connectivity index (χ2n) is 7.17. The van der Waals surface area contributed by atoms with Crippen molar-refractivity contribution in [2.24, 2.45) is 0 Å². The number of hydrogen-bond donors (Lipinski definition) is 2. The van der Waals surface area contributed by atoms with E-state index >= 15 is 0 Å². The lowest BCUT2D eigenvalue weighted by molar-refractivity contribution is -0.115. The molecule has 0 radical (unpaired) electrons. The summed E-state index contributed by atoms with van der Waals surface area (Å²) in [4.78, 5) is 28.8. The minimum Gasteiger partial charge on any atom is -0.326 e. The maximum Gasteiger partial charge on any atom is 0.255 e. The Bertz CT molecular complexity index is 1300. The average molecular weight is 446 g/mol. The Morgan fingerprint density at radius 2 is 1.74 bits per heavy atom. The Hall–Kier alpha value is -3.48. The van der Waals surface area contributed by atoms with Gasteiger partial charge in [-0.15, -0.1) is 11.3 Å². The first-order valence-electron chi connectivity index (χ1n) is 9.61. The highest BCUT2D eigenvalue weighted by Gasteiger charge is 2.19. The Kier molecular flexibility index (Phi) is 5.02. The number of amides is 2. The molecule has 31 heavy (non-hydrogen) atoms. The van der Waals surface area contributed by atoms with Crippen LogP contribution in [-0.4, -0.2) is 16.8 Å². The summed E-state index contributed by atoms with van der Waals surface area (Å²) in [5.74, 6) is -0.266. The second kappa shape index (κ2) is 7.98. The predicted molar refractivity (Wildman–Crippen MR) is 125 cm³/mol. The quantitative estimate of drug-likeness (QED) is 0.412. The highest BCUT2D eigenvalue weighted by Crippen LogP contribution is 2.30. The fourth-order valence-corrected chi connectivity index (χ4v) is 4.39. The summed E-state index contributed by atoms with van der Waals surface area (Å²) in [6.45, 7) is 0. The van der Waals surface area contributed by atoms with Gasteiger partial charge in [-0.3, -0.25) is 9.59 Å². The minimum atomic E-state index is -0.214. The normalized spacial score (nSPS) is 12.4. The smallest absolute Gasteiger partial charge is 0.255 e. The summed E-state index contributed by atoms with van der Waals surface area (Å²) >= 11 is 7.53. The van der Waals surface area contributed by atoms with Crippen LogP contribution in [0.4, 0.5) is 11.4 Å². The van der Waals surface area contributed by atoms with Crippen LogP contribution in [0.3, 0.4) is 0 Å². The number of nitrogens with zero attached hydrogens (tertiary/aromatic N) is 1. The molecule has 2 N–H and O–H groups in total. The lowest BCUT2D eigenvalue weighted by atomic mass is 10.1. The molecule has 3 aromatic carbocycles. The van der Waals surface area contributed by atoms with Crippen LogP contribution in [0.25, 0.3) is 21.8 Å². The van der Waals surface area contributed by atoms with E-state index in [0.29, 0.717) is 22.7 Å². The summed E-state index contributed by atoms with van der Waals surface area (Å²) < 4.78 is 0. The largest absolute Gasteiger partial charge is 0.326 e. The predicted octanol–water partition coefficient (Wildman–Crippen LogP) is 5.88. The number of hydrogen-bond acceptors (Lipinski definition) is 4. The third kappa shape index (κ3) is 4.08. The third-order valence-electron chi connectivity index (χ3n) is 5.03. The number of rotatable bonds is 4. The fraction of sp³-hybridized carbons (Fsp3) is 0.0417. The third-order valence-corrected chi connectivity index (χ3v) is 6.17. The fourth-order valence-electron chi connectivity index (χ4n) is 3.43. The van der Waals surface area contributed by atoms with Gasteiger partial charge in [0.05, 0.1) is 12.1 Å². The molecule has 152 valence electrons. The van der Waals surface area contributed by atoms with Crippen LogP contribution in [0.2, 0.25) is 5.02 Å². The van der Waals surface area contributed by atoms with E-state index in [9.17, 15) is 9.59 Å². The lowest BCUT2D eigenvalue weighted by Gasteiger charge is -2.07. The van der Waals surface area contributed by atoms with Gasteiger partial charge in [0.15, 0.2) is 0 Å². The molecule has 0 fully saturated rings. The van der Waals surface area contributed by atoms with E-state index in [1.807, 2.05) is 53.9 Å². The summed E-state index contributed by atoms with van der Waals surface area (Å²) in [5, 5.41) is 9.30. The molecule has 5 rings (SSSR count). The number of carbonyl (C=O) groups excluding carboxylic acids is 2. The summed E-state index contributed by atoms with van der Waals surface area (Å²) in [7, 11) is 0. The monoisotopic (exact) mass is 445 g/mol. The van der Waals surface area contributed by atoms with Crippen LogP contribution in [0.5, 0.6) is 0 Å². The Labute approximate surface area is 187 Å². The van der Waals surface area contributed by atoms with Gasteiger partial charge in [0.25, 0.3) is 5.91 Å². The van der Waals surface area contributed by atoms with E-state index in [-0.39, 0.29) is 11.8 Å². The Morgan fingerprint density at radius 1 is 1.00 bits per heavy atom. The number of carbonyl (C=O) groups is 2. The van der Waals surface area contributed by atoms with Crippen molar-refractivity contribution in [1.82, 2.24) is 4.98 Å². The lowest BCUT2D eigenvalue weighted by Crippen LogP contribution is -2.12. The van der Waals surface area contributed by atoms with Gasteiger partial charge in [-0.2, -0.15) is 0 Å². The van der Waals surface area contributed by atoms with Crippen LogP contribution in [0, 0.1) is 0 Å². The number of benzene rings is 3. The SMILES string of the molecule is O=C1Cc2cc(C(=O)Nc3ccc(-c4csc(-c5ccc(Cl)cc5)n4)cc3)ccc2N1. The van der Waals surface area contributed by atoms with Gasteiger partial charge in [-0.25, -0.2) is 4.98 Å². The van der Waals surface area contributed by atoms with Crippen molar-refractivity contribution in [2.75, 3.05) is 10.6 Å². The molecule has 0 bridgehead atoms. The van der Waals surface area contributed by atoms with Gasteiger partial charge in [-0.1, -0.05) is 35.9 Å². The Balaban J connectivity index is 1.29. The summed E-state index contributed by atoms with van der Waals surface area (Å²) in [6.07, 6.45) is 0.302. The number of fused-ring (bicyclic) bond motifs is 1. The van der Waals surface area contributed by atoms with Crippen LogP contribution >= 0.6 is 22.9 Å². The van der Waals surface area contributed by atoms with Crippen LogP contribution in [0.15, 0.2) is 72.1 Å². The van der Waals surface area contributed by atoms with Crippen LogP contribution in [0.1, 0.15) is 15.9 Å². The van der Waals surface area contributed by atoms with E-state index in [0.717, 1.165) is 33.1 Å². The van der Waals surface area contributed by atoms with Crippen molar-refractivity contribution < 1.29 is 9.59 Å². The van der Waals surface area contributed by atoms with Crippen LogP contribution < -0.4 is 10.6 Å². The molecule has 4 aromatic rings. The molecular weight excluding hydrogens is 430 g/mol. The van der Waals surface area contributed by atoms with E-state index in [1.165, 1.54) is 0 Å². The van der Waals surface area contributed by atoms with E-state index in [4.69, 9.17) is 16.6 Å². The first-order valence-corrected chi connectivity index (χ1v) is 10.9. The maximum absolute atomic E-state index is 12.6. The van der Waals surface area contributed by atoms with Gasteiger partial charge < -0.3 is 10.6 Å². The van der Waals surface area contributed by atoms with Crippen molar-refractivity contribution >= 4 is 46.1 Å². The highest BCUT2D eigenvalue weighted by atomic mass is 35.5. The molecule has 0 saturated heterocycles. The molecule has 1 aliphatic rings. The molecular formula is C24H16ClN3O2S. The summed E-state index contributed by atoms with van der Waals surface area (Å²) in [5.41, 5.74) is 5.69. The number of nitrogens with one attached hydrogen (secondary N) is 2. The van der Waals surface area contributed by atoms with Gasteiger partial charge in [0, 0.05) is 38.5 Å². The second-order valence-corrected chi connectivity index (χ2v) is 8.47. The zero-order valence-electron chi connectivity index (χ0n) is 16.2. The number of anilines is 2. The maximum atomic E-state index is 12.6. The highest BCUT2D eigenvalue weighted by molar-refractivity contribution is 7.13. The van der Waals surface area contributed by atoms with E-state index < -0.39 is 0 Å². The van der Waals surface area contributed by atoms with Crippen molar-refractivity contribution in [3.05, 3.63) is 88.3 Å². The zero-order valence-corrected chi connectivity index (χ0v) is 17.8. The molecule has 0 spiro atoms. The number of thiazole rings is 1. The number of aromatic nitrogens is 1. The minimum absolute atomic E-state index is 0.0515. The van der Waals surface area contributed by atoms with Crippen LogP contribution in [-0.2, 0) is 11.2 Å². The molecule has 0 unspecified atom stereocenters. The van der Waals surface area contributed by atoms with E-state index in [1.54, 1.807) is 29.5 Å². The molecule has 1 aromatic heterocycles.